The molecule has 0 radical (unpaired) electrons. The molecule has 0 saturated heterocycles. The molecule has 0 atom stereocenters. The van der Waals surface area contributed by atoms with Gasteiger partial charge in [-0.25, -0.2) is 4.98 Å². The van der Waals surface area contributed by atoms with Crippen molar-refractivity contribution in [2.24, 2.45) is 0 Å². The van der Waals surface area contributed by atoms with E-state index in [1.54, 1.807) is 6.07 Å². The predicted octanol–water partition coefficient (Wildman–Crippen LogP) is 1.06. The normalized spacial score (nSPS) is 11.1. The molecule has 7 nitrogen and oxygen atoms in total. The van der Waals surface area contributed by atoms with Gasteiger partial charge in [0.1, 0.15) is 12.1 Å². The highest BCUT2D eigenvalue weighted by molar-refractivity contribution is 9.10. The van der Waals surface area contributed by atoms with Gasteiger partial charge < -0.3 is 10.7 Å². The molecule has 0 spiro atoms. The Morgan fingerprint density at radius 1 is 1.45 bits per heavy atom. The topological polar surface area (TPSA) is 102 Å². The molecule has 0 unspecified atom stereocenters. The number of aromatic nitrogens is 5. The Morgan fingerprint density at radius 2 is 2.25 bits per heavy atom. The van der Waals surface area contributed by atoms with E-state index in [4.69, 9.17) is 5.73 Å². The first-order valence-corrected chi connectivity index (χ1v) is 6.68. The van der Waals surface area contributed by atoms with Crippen LogP contribution in [0.3, 0.4) is 0 Å². The largest absolute Gasteiger partial charge is 0.383 e. The summed E-state index contributed by atoms with van der Waals surface area (Å²) >= 11 is 3.17. The Kier molecular flexibility index (Phi) is 3.01. The van der Waals surface area contributed by atoms with Gasteiger partial charge in [-0.3, -0.25) is 4.79 Å². The van der Waals surface area contributed by atoms with E-state index in [-0.39, 0.29) is 5.56 Å². The molecule has 0 fully saturated rings. The van der Waals surface area contributed by atoms with E-state index < -0.39 is 0 Å². The van der Waals surface area contributed by atoms with Crippen LogP contribution in [0.1, 0.15) is 17.0 Å². The first-order valence-electron chi connectivity index (χ1n) is 5.88. The number of aromatic amines is 1. The van der Waals surface area contributed by atoms with Gasteiger partial charge in [-0.15, -0.1) is 0 Å². The number of H-pyrrole nitrogens is 1. The lowest BCUT2D eigenvalue weighted by molar-refractivity contribution is 0.905. The van der Waals surface area contributed by atoms with E-state index in [1.165, 1.54) is 10.8 Å². The second-order valence-corrected chi connectivity index (χ2v) is 5.22. The van der Waals surface area contributed by atoms with Crippen molar-refractivity contribution in [1.82, 2.24) is 24.6 Å². The fourth-order valence-corrected chi connectivity index (χ4v) is 2.25. The molecule has 3 aromatic rings. The van der Waals surface area contributed by atoms with Gasteiger partial charge in [0.15, 0.2) is 0 Å². The van der Waals surface area contributed by atoms with E-state index in [2.05, 4.69) is 36.0 Å². The Bertz CT molecular complexity index is 853. The van der Waals surface area contributed by atoms with Gasteiger partial charge in [-0.2, -0.15) is 14.6 Å². The minimum absolute atomic E-state index is 0.173. The molecule has 3 heterocycles. The molecular formula is C12H11BrN6O. The summed E-state index contributed by atoms with van der Waals surface area (Å²) in [4.78, 5) is 22.7. The van der Waals surface area contributed by atoms with Crippen molar-refractivity contribution in [3.05, 3.63) is 50.2 Å². The number of anilines is 1. The quantitative estimate of drug-likeness (QED) is 0.729. The zero-order chi connectivity index (χ0) is 14.3. The number of nitrogens with two attached hydrogens (primary N) is 1. The summed E-state index contributed by atoms with van der Waals surface area (Å²) in [6, 6.07) is 3.54. The lowest BCUT2D eigenvalue weighted by Crippen LogP contribution is -2.13. The Morgan fingerprint density at radius 3 is 3.00 bits per heavy atom. The fraction of sp³-hybridized carbons (Fsp3) is 0.167. The smallest absolute Gasteiger partial charge is 0.262 e. The highest BCUT2D eigenvalue weighted by Gasteiger charge is 2.12. The molecule has 0 aliphatic carbocycles. The highest BCUT2D eigenvalue weighted by Crippen LogP contribution is 2.19. The molecule has 0 aromatic carbocycles. The van der Waals surface area contributed by atoms with Gasteiger partial charge in [0, 0.05) is 23.4 Å². The minimum atomic E-state index is -0.173. The standard InChI is InChI=1S/C12H11BrN6O/c1-6-8(4-7-2-3-9(13)11(20)18-7)10(14)19-12(17-6)15-5-16-19/h2-3,5H,4,14H2,1H3,(H,18,20). The number of nitrogens with one attached hydrogen (secondary N) is 1. The van der Waals surface area contributed by atoms with Crippen molar-refractivity contribution in [2.75, 3.05) is 5.73 Å². The maximum Gasteiger partial charge on any atom is 0.262 e. The molecule has 3 aromatic heterocycles. The second-order valence-electron chi connectivity index (χ2n) is 4.37. The SMILES string of the molecule is Cc1nc2ncnn2c(N)c1Cc1ccc(Br)c(=O)[nH]1. The fourth-order valence-electron chi connectivity index (χ4n) is 2.02. The van der Waals surface area contributed by atoms with Crippen molar-refractivity contribution in [3.63, 3.8) is 0 Å². The van der Waals surface area contributed by atoms with Crippen LogP contribution in [-0.4, -0.2) is 24.6 Å². The molecule has 20 heavy (non-hydrogen) atoms. The maximum absolute atomic E-state index is 11.6. The Labute approximate surface area is 122 Å². The second kappa shape index (κ2) is 4.71. The van der Waals surface area contributed by atoms with Crippen molar-refractivity contribution in [3.8, 4) is 0 Å². The number of pyridine rings is 1. The van der Waals surface area contributed by atoms with Crippen molar-refractivity contribution < 1.29 is 0 Å². The number of rotatable bonds is 2. The monoisotopic (exact) mass is 334 g/mol. The van der Waals surface area contributed by atoms with Gasteiger partial charge in [0.05, 0.1) is 4.47 Å². The third-order valence-electron chi connectivity index (χ3n) is 3.06. The van der Waals surface area contributed by atoms with Crippen LogP contribution in [-0.2, 0) is 6.42 Å². The summed E-state index contributed by atoms with van der Waals surface area (Å²) in [7, 11) is 0. The van der Waals surface area contributed by atoms with Crippen LogP contribution < -0.4 is 11.3 Å². The van der Waals surface area contributed by atoms with E-state index in [0.717, 1.165) is 17.0 Å². The summed E-state index contributed by atoms with van der Waals surface area (Å²) < 4.78 is 1.98. The summed E-state index contributed by atoms with van der Waals surface area (Å²) in [5.41, 5.74) is 8.28. The first kappa shape index (κ1) is 12.8. The number of aryl methyl sites for hydroxylation is 1. The van der Waals surface area contributed by atoms with Crippen LogP contribution in [0.25, 0.3) is 5.78 Å². The van der Waals surface area contributed by atoms with E-state index in [9.17, 15) is 4.79 Å². The zero-order valence-electron chi connectivity index (χ0n) is 10.6. The molecule has 0 amide bonds. The van der Waals surface area contributed by atoms with Crippen molar-refractivity contribution in [2.45, 2.75) is 13.3 Å². The number of hydrogen-bond acceptors (Lipinski definition) is 5. The molecule has 0 aliphatic rings. The molecule has 0 bridgehead atoms. The summed E-state index contributed by atoms with van der Waals surface area (Å²) in [6.45, 7) is 1.86. The van der Waals surface area contributed by atoms with E-state index >= 15 is 0 Å². The van der Waals surface area contributed by atoms with Crippen LogP contribution in [0.15, 0.2) is 27.7 Å². The average Bonchev–Trinajstić information content (AvgIpc) is 2.87. The Hall–Kier alpha value is -2.22. The number of halogens is 1. The number of nitrogens with zero attached hydrogens (tertiary/aromatic N) is 4. The lowest BCUT2D eigenvalue weighted by Gasteiger charge is -2.10. The minimum Gasteiger partial charge on any atom is -0.383 e. The van der Waals surface area contributed by atoms with Crippen LogP contribution in [0, 0.1) is 6.92 Å². The van der Waals surface area contributed by atoms with Gasteiger partial charge in [-0.1, -0.05) is 0 Å². The van der Waals surface area contributed by atoms with Crippen LogP contribution in [0.4, 0.5) is 5.82 Å². The van der Waals surface area contributed by atoms with Crippen LogP contribution >= 0.6 is 15.9 Å². The third kappa shape index (κ3) is 2.07. The van der Waals surface area contributed by atoms with Gasteiger partial charge in [-0.05, 0) is 35.0 Å². The first-order chi connectivity index (χ1) is 9.56. The van der Waals surface area contributed by atoms with Crippen LogP contribution in [0.2, 0.25) is 0 Å². The number of hydrogen-bond donors (Lipinski definition) is 2. The molecule has 8 heteroatoms. The van der Waals surface area contributed by atoms with Gasteiger partial charge in [0.2, 0.25) is 0 Å². The zero-order valence-corrected chi connectivity index (χ0v) is 12.2. The molecular weight excluding hydrogens is 324 g/mol. The molecule has 102 valence electrons. The maximum atomic E-state index is 11.6. The van der Waals surface area contributed by atoms with Crippen molar-refractivity contribution in [1.29, 1.82) is 0 Å². The van der Waals surface area contributed by atoms with Gasteiger partial charge in [0.25, 0.3) is 11.3 Å². The average molecular weight is 335 g/mol. The molecule has 3 N–H and O–H groups in total. The summed E-state index contributed by atoms with van der Waals surface area (Å²) in [5.74, 6) is 0.946. The molecule has 0 aliphatic heterocycles. The third-order valence-corrected chi connectivity index (χ3v) is 3.69. The predicted molar refractivity (Wildman–Crippen MR) is 77.5 cm³/mol. The lowest BCUT2D eigenvalue weighted by atomic mass is 10.1. The van der Waals surface area contributed by atoms with E-state index in [1.807, 2.05) is 13.0 Å². The van der Waals surface area contributed by atoms with E-state index in [0.29, 0.717) is 22.5 Å². The summed E-state index contributed by atoms with van der Waals surface area (Å²) in [5, 5.41) is 4.03. The van der Waals surface area contributed by atoms with Crippen LogP contribution in [0.5, 0.6) is 0 Å². The number of fused-ring (bicyclic) bond motifs is 1. The summed E-state index contributed by atoms with van der Waals surface area (Å²) in [6.07, 6.45) is 1.88. The van der Waals surface area contributed by atoms with Crippen molar-refractivity contribution >= 4 is 27.5 Å². The molecule has 3 rings (SSSR count). The van der Waals surface area contributed by atoms with Gasteiger partial charge >= 0.3 is 0 Å². The highest BCUT2D eigenvalue weighted by atomic mass is 79.9. The number of nitrogen functional groups attached to an aromatic ring is 1. The molecule has 0 saturated carbocycles. The Balaban J connectivity index is 2.09.